The van der Waals surface area contributed by atoms with Crippen LogP contribution in [0.3, 0.4) is 0 Å². The van der Waals surface area contributed by atoms with Gasteiger partial charge in [-0.15, -0.1) is 0 Å². The van der Waals surface area contributed by atoms with Gasteiger partial charge in [0.1, 0.15) is 17.9 Å². The zero-order chi connectivity index (χ0) is 24.7. The van der Waals surface area contributed by atoms with Crippen LogP contribution in [0.5, 0.6) is 5.75 Å². The molecule has 3 amide bonds. The normalized spacial score (nSPS) is 14.3. The monoisotopic (exact) mass is 467 g/mol. The number of nitrogens with zero attached hydrogens (tertiary/aromatic N) is 2. The molecule has 2 aromatic carbocycles. The summed E-state index contributed by atoms with van der Waals surface area (Å²) in [4.78, 5) is 41.7. The Hall–Kier alpha value is -3.55. The van der Waals surface area contributed by atoms with Gasteiger partial charge in [-0.25, -0.2) is 4.79 Å². The molecule has 1 aliphatic rings. The number of carbonyl (C=O) groups is 3. The first-order valence-corrected chi connectivity index (χ1v) is 11.4. The molecule has 0 atom stereocenters. The molecule has 1 saturated heterocycles. The van der Waals surface area contributed by atoms with Crippen LogP contribution in [0.15, 0.2) is 54.6 Å². The summed E-state index contributed by atoms with van der Waals surface area (Å²) in [5.74, 6) is -0.135. The third kappa shape index (κ3) is 6.73. The van der Waals surface area contributed by atoms with E-state index >= 15 is 0 Å². The van der Waals surface area contributed by atoms with E-state index in [9.17, 15) is 14.4 Å². The minimum absolute atomic E-state index is 0.0785. The first-order valence-electron chi connectivity index (χ1n) is 11.4. The Morgan fingerprint density at radius 2 is 1.62 bits per heavy atom. The number of hydrogen-bond donors (Lipinski definition) is 1. The van der Waals surface area contributed by atoms with E-state index in [1.807, 2.05) is 39.0 Å². The number of rotatable bonds is 6. The Morgan fingerprint density at radius 3 is 2.24 bits per heavy atom. The van der Waals surface area contributed by atoms with Crippen LogP contribution < -0.4 is 15.0 Å². The molecule has 0 radical (unpaired) electrons. The molecule has 1 aliphatic heterocycles. The van der Waals surface area contributed by atoms with Crippen LogP contribution in [0.1, 0.15) is 44.0 Å². The number of nitrogens with one attached hydrogen (secondary N) is 1. The summed E-state index contributed by atoms with van der Waals surface area (Å²) in [6.07, 6.45) is 0.906. The molecule has 2 aromatic rings. The molecular weight excluding hydrogens is 434 g/mol. The molecule has 1 N–H and O–H groups in total. The highest BCUT2D eigenvalue weighted by Gasteiger charge is 2.29. The number of anilines is 1. The fourth-order valence-electron chi connectivity index (χ4n) is 3.80. The molecule has 0 aromatic heterocycles. The van der Waals surface area contributed by atoms with Crippen molar-refractivity contribution in [3.8, 4) is 5.75 Å². The van der Waals surface area contributed by atoms with E-state index in [-0.39, 0.29) is 30.5 Å². The van der Waals surface area contributed by atoms with Gasteiger partial charge in [-0.05, 0) is 57.9 Å². The number of carbonyl (C=O) groups excluding carboxylic acids is 3. The number of piperidine rings is 1. The van der Waals surface area contributed by atoms with Crippen LogP contribution in [0.25, 0.3) is 0 Å². The first kappa shape index (κ1) is 25.1. The van der Waals surface area contributed by atoms with E-state index in [0.717, 1.165) is 0 Å². The molecule has 0 unspecified atom stereocenters. The third-order valence-corrected chi connectivity index (χ3v) is 5.46. The van der Waals surface area contributed by atoms with Crippen LogP contribution in [-0.4, -0.2) is 61.2 Å². The second-order valence-corrected chi connectivity index (χ2v) is 9.24. The van der Waals surface area contributed by atoms with Gasteiger partial charge in [0.05, 0.1) is 12.7 Å². The van der Waals surface area contributed by atoms with Crippen LogP contribution in [0.4, 0.5) is 10.5 Å². The summed E-state index contributed by atoms with van der Waals surface area (Å²) in [7, 11) is 1.51. The Balaban J connectivity index is 1.64. The van der Waals surface area contributed by atoms with Gasteiger partial charge in [-0.1, -0.05) is 30.3 Å². The van der Waals surface area contributed by atoms with E-state index in [1.165, 1.54) is 12.0 Å². The van der Waals surface area contributed by atoms with Crippen molar-refractivity contribution in [1.29, 1.82) is 0 Å². The molecule has 1 heterocycles. The van der Waals surface area contributed by atoms with Gasteiger partial charge in [-0.3, -0.25) is 14.5 Å². The topological polar surface area (TPSA) is 88.2 Å². The summed E-state index contributed by atoms with van der Waals surface area (Å²) >= 11 is 0. The zero-order valence-corrected chi connectivity index (χ0v) is 20.2. The minimum Gasteiger partial charge on any atom is -0.496 e. The highest BCUT2D eigenvalue weighted by molar-refractivity contribution is 6.10. The predicted octanol–water partition coefficient (Wildman–Crippen LogP) is 3.86. The summed E-state index contributed by atoms with van der Waals surface area (Å²) in [6, 6.07) is 16.0. The highest BCUT2D eigenvalue weighted by atomic mass is 16.6. The summed E-state index contributed by atoms with van der Waals surface area (Å²) in [5, 5.41) is 3.02. The van der Waals surface area contributed by atoms with Gasteiger partial charge in [0.15, 0.2) is 0 Å². The van der Waals surface area contributed by atoms with Gasteiger partial charge in [0, 0.05) is 24.8 Å². The maximum Gasteiger partial charge on any atom is 0.410 e. The van der Waals surface area contributed by atoms with Crippen molar-refractivity contribution >= 4 is 23.6 Å². The SMILES string of the molecule is COc1ccccc1C(=O)N(CC(=O)NC1CCN(C(=O)OC(C)(C)C)CC1)c1ccccc1. The Morgan fingerprint density at radius 1 is 1.00 bits per heavy atom. The van der Waals surface area contributed by atoms with Gasteiger partial charge >= 0.3 is 6.09 Å². The molecule has 8 nitrogen and oxygen atoms in total. The predicted molar refractivity (Wildman–Crippen MR) is 130 cm³/mol. The fourth-order valence-corrected chi connectivity index (χ4v) is 3.80. The molecular formula is C26H33N3O5. The van der Waals surface area contributed by atoms with Crippen molar-refractivity contribution in [2.45, 2.75) is 45.3 Å². The van der Waals surface area contributed by atoms with Crippen LogP contribution in [0, 0.1) is 0 Å². The van der Waals surface area contributed by atoms with E-state index in [0.29, 0.717) is 42.9 Å². The van der Waals surface area contributed by atoms with Crippen molar-refractivity contribution in [2.24, 2.45) is 0 Å². The lowest BCUT2D eigenvalue weighted by molar-refractivity contribution is -0.120. The van der Waals surface area contributed by atoms with Crippen molar-refractivity contribution in [2.75, 3.05) is 31.6 Å². The van der Waals surface area contributed by atoms with Crippen LogP contribution in [-0.2, 0) is 9.53 Å². The first-order chi connectivity index (χ1) is 16.2. The van der Waals surface area contributed by atoms with E-state index in [4.69, 9.17) is 9.47 Å². The zero-order valence-electron chi connectivity index (χ0n) is 20.2. The van der Waals surface area contributed by atoms with E-state index < -0.39 is 5.60 Å². The number of para-hydroxylation sites is 2. The average molecular weight is 468 g/mol. The second-order valence-electron chi connectivity index (χ2n) is 9.24. The van der Waals surface area contributed by atoms with Gasteiger partial charge in [0.25, 0.3) is 5.91 Å². The number of methoxy groups -OCH3 is 1. The molecule has 8 heteroatoms. The lowest BCUT2D eigenvalue weighted by Gasteiger charge is -2.34. The summed E-state index contributed by atoms with van der Waals surface area (Å²) < 4.78 is 10.8. The number of amides is 3. The second kappa shape index (κ2) is 11.0. The molecule has 3 rings (SSSR count). The van der Waals surface area contributed by atoms with E-state index in [1.54, 1.807) is 41.3 Å². The highest BCUT2D eigenvalue weighted by Crippen LogP contribution is 2.23. The fraction of sp³-hybridized carbons (Fsp3) is 0.423. The average Bonchev–Trinajstić information content (AvgIpc) is 2.82. The molecule has 0 aliphatic carbocycles. The summed E-state index contributed by atoms with van der Waals surface area (Å²) in [6.45, 7) is 6.38. The molecule has 34 heavy (non-hydrogen) atoms. The molecule has 0 saturated carbocycles. The lowest BCUT2D eigenvalue weighted by atomic mass is 10.1. The standard InChI is InChI=1S/C26H33N3O5/c1-26(2,3)34-25(32)28-16-14-19(15-17-28)27-23(30)18-29(20-10-6-5-7-11-20)24(31)21-12-8-9-13-22(21)33-4/h5-13,19H,14-18H2,1-4H3,(H,27,30). The lowest BCUT2D eigenvalue weighted by Crippen LogP contribution is -2.50. The molecule has 0 bridgehead atoms. The maximum absolute atomic E-state index is 13.4. The van der Waals surface area contributed by atoms with Crippen LogP contribution >= 0.6 is 0 Å². The molecule has 1 fully saturated rings. The Labute approximate surface area is 200 Å². The Kier molecular flexibility index (Phi) is 8.15. The van der Waals surface area contributed by atoms with Gasteiger partial charge in [-0.2, -0.15) is 0 Å². The number of hydrogen-bond acceptors (Lipinski definition) is 5. The van der Waals surface area contributed by atoms with Crippen molar-refractivity contribution < 1.29 is 23.9 Å². The Bertz CT molecular complexity index is 995. The van der Waals surface area contributed by atoms with Crippen molar-refractivity contribution in [1.82, 2.24) is 10.2 Å². The van der Waals surface area contributed by atoms with Crippen LogP contribution in [0.2, 0.25) is 0 Å². The van der Waals surface area contributed by atoms with Gasteiger partial charge in [0.2, 0.25) is 5.91 Å². The quantitative estimate of drug-likeness (QED) is 0.697. The van der Waals surface area contributed by atoms with Gasteiger partial charge < -0.3 is 19.7 Å². The number of likely N-dealkylation sites (tertiary alicyclic amines) is 1. The van der Waals surface area contributed by atoms with Crippen molar-refractivity contribution in [3.63, 3.8) is 0 Å². The minimum atomic E-state index is -0.545. The van der Waals surface area contributed by atoms with E-state index in [2.05, 4.69) is 5.32 Å². The molecule has 182 valence electrons. The smallest absolute Gasteiger partial charge is 0.410 e. The largest absolute Gasteiger partial charge is 0.496 e. The number of benzene rings is 2. The summed E-state index contributed by atoms with van der Waals surface area (Å²) in [5.41, 5.74) is 0.456. The number of ether oxygens (including phenoxy) is 2. The third-order valence-electron chi connectivity index (χ3n) is 5.46. The molecule has 0 spiro atoms. The van der Waals surface area contributed by atoms with Crippen molar-refractivity contribution in [3.05, 3.63) is 60.2 Å². The maximum atomic E-state index is 13.4.